The lowest BCUT2D eigenvalue weighted by Crippen LogP contribution is -2.06. The predicted octanol–water partition coefficient (Wildman–Crippen LogP) is 2.33. The van der Waals surface area contributed by atoms with E-state index in [1.807, 2.05) is 6.92 Å². The molecular formula is C11H13BrN6. The molecule has 0 saturated heterocycles. The molecule has 6 nitrogen and oxygen atoms in total. The number of rotatable bonds is 4. The molecule has 2 aromatic heterocycles. The summed E-state index contributed by atoms with van der Waals surface area (Å²) in [5.41, 5.74) is 1.74. The van der Waals surface area contributed by atoms with Crippen LogP contribution < -0.4 is 5.32 Å². The molecule has 0 spiro atoms. The molecule has 0 aromatic carbocycles. The zero-order chi connectivity index (χ0) is 12.5. The first-order chi connectivity index (χ1) is 8.79. The molecule has 7 heteroatoms. The van der Waals surface area contributed by atoms with Gasteiger partial charge in [0.15, 0.2) is 5.82 Å². The number of H-pyrrole nitrogens is 1. The van der Waals surface area contributed by atoms with Gasteiger partial charge < -0.3 is 5.32 Å². The topological polar surface area (TPSA) is 79.4 Å². The maximum Gasteiger partial charge on any atom is 0.184 e. The smallest absolute Gasteiger partial charge is 0.184 e. The Bertz CT molecular complexity index is 549. The number of nitrogens with one attached hydrogen (secondary N) is 2. The lowest BCUT2D eigenvalue weighted by molar-refractivity contribution is 0.930. The van der Waals surface area contributed by atoms with Crippen molar-refractivity contribution in [1.29, 1.82) is 0 Å². The van der Waals surface area contributed by atoms with Crippen LogP contribution in [-0.4, -0.2) is 31.9 Å². The normalized spacial score (nSPS) is 14.8. The van der Waals surface area contributed by atoms with Crippen LogP contribution in [0.25, 0.3) is 11.5 Å². The Morgan fingerprint density at radius 1 is 1.44 bits per heavy atom. The predicted molar refractivity (Wildman–Crippen MR) is 71.2 cm³/mol. The number of anilines is 1. The molecule has 1 fully saturated rings. The summed E-state index contributed by atoms with van der Waals surface area (Å²) in [6.45, 7) is 2.86. The van der Waals surface area contributed by atoms with E-state index in [4.69, 9.17) is 0 Å². The molecule has 0 amide bonds. The maximum atomic E-state index is 4.60. The molecule has 2 aromatic rings. The number of nitrogens with zero attached hydrogens (tertiary/aromatic N) is 4. The van der Waals surface area contributed by atoms with Crippen LogP contribution in [0.3, 0.4) is 0 Å². The first-order valence-corrected chi connectivity index (χ1v) is 6.76. The third-order valence-corrected chi connectivity index (χ3v) is 3.61. The quantitative estimate of drug-likeness (QED) is 0.906. The van der Waals surface area contributed by atoms with Crippen LogP contribution in [0.4, 0.5) is 5.82 Å². The van der Waals surface area contributed by atoms with Crippen molar-refractivity contribution in [2.75, 3.05) is 11.9 Å². The average Bonchev–Trinajstić information content (AvgIpc) is 3.06. The Hall–Kier alpha value is -1.50. The SMILES string of the molecule is CCNc1nc(-c2cn[nH]n2)nc(C2CC2)c1Br. The van der Waals surface area contributed by atoms with Gasteiger partial charge in [-0.25, -0.2) is 9.97 Å². The first kappa shape index (κ1) is 11.6. The lowest BCUT2D eigenvalue weighted by Gasteiger charge is -2.10. The fraction of sp³-hybridized carbons (Fsp3) is 0.455. The summed E-state index contributed by atoms with van der Waals surface area (Å²) in [4.78, 5) is 9.08. The molecule has 1 aliphatic carbocycles. The molecule has 18 heavy (non-hydrogen) atoms. The van der Waals surface area contributed by atoms with E-state index in [2.05, 4.69) is 46.6 Å². The second-order valence-electron chi connectivity index (χ2n) is 4.25. The van der Waals surface area contributed by atoms with Crippen LogP contribution in [0, 0.1) is 0 Å². The lowest BCUT2D eigenvalue weighted by atomic mass is 10.2. The van der Waals surface area contributed by atoms with Crippen molar-refractivity contribution in [2.45, 2.75) is 25.7 Å². The van der Waals surface area contributed by atoms with E-state index in [-0.39, 0.29) is 0 Å². The summed E-state index contributed by atoms with van der Waals surface area (Å²) in [6, 6.07) is 0. The van der Waals surface area contributed by atoms with Crippen molar-refractivity contribution < 1.29 is 0 Å². The summed E-state index contributed by atoms with van der Waals surface area (Å²) in [6.07, 6.45) is 4.02. The van der Waals surface area contributed by atoms with Gasteiger partial charge in [-0.2, -0.15) is 15.4 Å². The van der Waals surface area contributed by atoms with Crippen LogP contribution in [0.1, 0.15) is 31.4 Å². The van der Waals surface area contributed by atoms with Crippen molar-refractivity contribution in [2.24, 2.45) is 0 Å². The fourth-order valence-corrected chi connectivity index (χ4v) is 2.44. The number of aromatic amines is 1. The highest BCUT2D eigenvalue weighted by Crippen LogP contribution is 2.44. The van der Waals surface area contributed by atoms with Crippen molar-refractivity contribution in [3.05, 3.63) is 16.4 Å². The zero-order valence-electron chi connectivity index (χ0n) is 9.94. The molecule has 1 aliphatic rings. The summed E-state index contributed by atoms with van der Waals surface area (Å²) in [7, 11) is 0. The molecule has 94 valence electrons. The van der Waals surface area contributed by atoms with Gasteiger partial charge in [-0.05, 0) is 35.7 Å². The third kappa shape index (κ3) is 2.10. The van der Waals surface area contributed by atoms with Gasteiger partial charge >= 0.3 is 0 Å². The minimum absolute atomic E-state index is 0.547. The fourth-order valence-electron chi connectivity index (χ4n) is 1.80. The molecule has 0 radical (unpaired) electrons. The van der Waals surface area contributed by atoms with Gasteiger partial charge in [0.25, 0.3) is 0 Å². The van der Waals surface area contributed by atoms with E-state index in [0.717, 1.165) is 22.5 Å². The number of aromatic nitrogens is 5. The minimum Gasteiger partial charge on any atom is -0.369 e. The summed E-state index contributed by atoms with van der Waals surface area (Å²) < 4.78 is 0.971. The van der Waals surface area contributed by atoms with E-state index in [9.17, 15) is 0 Å². The Morgan fingerprint density at radius 2 is 2.28 bits per heavy atom. The average molecular weight is 309 g/mol. The van der Waals surface area contributed by atoms with Crippen molar-refractivity contribution in [3.63, 3.8) is 0 Å². The molecule has 0 aliphatic heterocycles. The van der Waals surface area contributed by atoms with E-state index in [1.54, 1.807) is 6.20 Å². The molecule has 2 heterocycles. The zero-order valence-corrected chi connectivity index (χ0v) is 11.5. The Kier molecular flexibility index (Phi) is 2.99. The highest BCUT2D eigenvalue weighted by Gasteiger charge is 2.29. The van der Waals surface area contributed by atoms with Crippen molar-refractivity contribution >= 4 is 21.7 Å². The molecule has 3 rings (SSSR count). The molecule has 0 unspecified atom stereocenters. The van der Waals surface area contributed by atoms with Crippen LogP contribution in [0.15, 0.2) is 10.7 Å². The summed E-state index contributed by atoms with van der Waals surface area (Å²) >= 11 is 3.59. The van der Waals surface area contributed by atoms with Crippen LogP contribution >= 0.6 is 15.9 Å². The monoisotopic (exact) mass is 308 g/mol. The standard InChI is InChI=1S/C11H13BrN6/c1-2-13-11-8(12)9(6-3-4-6)15-10(16-11)7-5-14-18-17-7/h5-6H,2-4H2,1H3,(H,13,15,16)(H,14,17,18). The van der Waals surface area contributed by atoms with Gasteiger partial charge in [0.2, 0.25) is 0 Å². The van der Waals surface area contributed by atoms with Crippen LogP contribution in [-0.2, 0) is 0 Å². The summed E-state index contributed by atoms with van der Waals surface area (Å²) in [5.74, 6) is 1.99. The highest BCUT2D eigenvalue weighted by atomic mass is 79.9. The highest BCUT2D eigenvalue weighted by molar-refractivity contribution is 9.10. The van der Waals surface area contributed by atoms with Gasteiger partial charge in [-0.1, -0.05) is 0 Å². The Morgan fingerprint density at radius 3 is 2.89 bits per heavy atom. The summed E-state index contributed by atoms with van der Waals surface area (Å²) in [5, 5.41) is 13.7. The second kappa shape index (κ2) is 4.64. The largest absolute Gasteiger partial charge is 0.369 e. The Balaban J connectivity index is 2.09. The van der Waals surface area contributed by atoms with Crippen LogP contribution in [0.5, 0.6) is 0 Å². The molecule has 0 atom stereocenters. The minimum atomic E-state index is 0.547. The van der Waals surface area contributed by atoms with Crippen LogP contribution in [0.2, 0.25) is 0 Å². The van der Waals surface area contributed by atoms with E-state index < -0.39 is 0 Å². The van der Waals surface area contributed by atoms with E-state index in [1.165, 1.54) is 12.8 Å². The number of hydrogen-bond donors (Lipinski definition) is 2. The molecule has 2 N–H and O–H groups in total. The maximum absolute atomic E-state index is 4.60. The molecule has 1 saturated carbocycles. The van der Waals surface area contributed by atoms with E-state index in [0.29, 0.717) is 17.4 Å². The first-order valence-electron chi connectivity index (χ1n) is 5.97. The number of halogens is 1. The van der Waals surface area contributed by atoms with Gasteiger partial charge in [0, 0.05) is 12.5 Å². The van der Waals surface area contributed by atoms with Gasteiger partial charge in [0.1, 0.15) is 11.5 Å². The van der Waals surface area contributed by atoms with Crippen molar-refractivity contribution in [3.8, 4) is 11.5 Å². The molecular weight excluding hydrogens is 296 g/mol. The molecule has 0 bridgehead atoms. The van der Waals surface area contributed by atoms with Gasteiger partial charge in [0.05, 0.1) is 16.4 Å². The Labute approximate surface area is 113 Å². The van der Waals surface area contributed by atoms with Gasteiger partial charge in [-0.3, -0.25) is 0 Å². The second-order valence-corrected chi connectivity index (χ2v) is 5.05. The third-order valence-electron chi connectivity index (χ3n) is 2.83. The van der Waals surface area contributed by atoms with E-state index >= 15 is 0 Å². The van der Waals surface area contributed by atoms with Crippen molar-refractivity contribution in [1.82, 2.24) is 25.4 Å². The van der Waals surface area contributed by atoms with Gasteiger partial charge in [-0.15, -0.1) is 0 Å². The number of hydrogen-bond acceptors (Lipinski definition) is 5.